The normalized spacial score (nSPS) is 12.4. The lowest BCUT2D eigenvalue weighted by molar-refractivity contribution is -0.111. The topological polar surface area (TPSA) is 17.1 Å². The van der Waals surface area contributed by atoms with Crippen molar-refractivity contribution in [3.05, 3.63) is 35.9 Å². The van der Waals surface area contributed by atoms with Gasteiger partial charge in [0.25, 0.3) is 0 Å². The highest BCUT2D eigenvalue weighted by molar-refractivity contribution is 7.82. The van der Waals surface area contributed by atoms with Crippen LogP contribution in [0.1, 0.15) is 18.4 Å². The first-order valence-electron chi connectivity index (χ1n) is 4.61. The molecule has 0 amide bonds. The van der Waals surface area contributed by atoms with E-state index in [0.717, 1.165) is 19.3 Å². The van der Waals surface area contributed by atoms with Gasteiger partial charge in [0.1, 0.15) is 0 Å². The van der Waals surface area contributed by atoms with Crippen molar-refractivity contribution in [2.75, 3.05) is 0 Å². The van der Waals surface area contributed by atoms with Gasteiger partial charge in [0, 0.05) is 0 Å². The molecule has 0 radical (unpaired) electrons. The molecule has 0 spiro atoms. The molecule has 0 saturated heterocycles. The summed E-state index contributed by atoms with van der Waals surface area (Å²) < 4.78 is 0. The average molecular weight is 229 g/mol. The summed E-state index contributed by atoms with van der Waals surface area (Å²) in [5, 5.41) is -0.679. The molecule has 1 aromatic carbocycles. The predicted molar refractivity (Wildman–Crippen MR) is 63.0 cm³/mol. The second kappa shape index (κ2) is 6.10. The van der Waals surface area contributed by atoms with Crippen LogP contribution in [0, 0.1) is 0 Å². The predicted octanol–water partition coefficient (Wildman–Crippen LogP) is 3.07. The van der Waals surface area contributed by atoms with E-state index in [2.05, 4.69) is 24.8 Å². The molecule has 1 unspecified atom stereocenters. The Labute approximate surface area is 94.9 Å². The Balaban J connectivity index is 2.26. The minimum Gasteiger partial charge on any atom is -0.280 e. The van der Waals surface area contributed by atoms with Crippen LogP contribution in [0.5, 0.6) is 0 Å². The van der Waals surface area contributed by atoms with Gasteiger partial charge in [0.2, 0.25) is 5.24 Å². The van der Waals surface area contributed by atoms with Crippen LogP contribution in [-0.2, 0) is 11.2 Å². The van der Waals surface area contributed by atoms with E-state index in [1.165, 1.54) is 5.56 Å². The number of halogens is 1. The van der Waals surface area contributed by atoms with E-state index in [0.29, 0.717) is 0 Å². The lowest BCUT2D eigenvalue weighted by atomic mass is 10.1. The summed E-state index contributed by atoms with van der Waals surface area (Å²) in [7, 11) is 0. The first-order valence-corrected chi connectivity index (χ1v) is 5.51. The first-order chi connectivity index (χ1) is 6.70. The van der Waals surface area contributed by atoms with Crippen molar-refractivity contribution in [1.29, 1.82) is 0 Å². The van der Waals surface area contributed by atoms with Gasteiger partial charge in [0.15, 0.2) is 0 Å². The molecule has 0 saturated carbocycles. The van der Waals surface area contributed by atoms with Crippen LogP contribution >= 0.6 is 24.2 Å². The molecule has 0 aliphatic heterocycles. The zero-order valence-electron chi connectivity index (χ0n) is 7.82. The monoisotopic (exact) mass is 228 g/mol. The summed E-state index contributed by atoms with van der Waals surface area (Å²) in [6.45, 7) is 0. The number of rotatable bonds is 5. The summed E-state index contributed by atoms with van der Waals surface area (Å²) in [5.74, 6) is 0. The molecule has 0 N–H and O–H groups in total. The zero-order valence-corrected chi connectivity index (χ0v) is 9.47. The van der Waals surface area contributed by atoms with Crippen LogP contribution in [0.3, 0.4) is 0 Å². The number of hydrogen-bond donors (Lipinski definition) is 1. The van der Waals surface area contributed by atoms with Crippen molar-refractivity contribution < 1.29 is 4.79 Å². The second-order valence-corrected chi connectivity index (χ2v) is 4.19. The van der Waals surface area contributed by atoms with Gasteiger partial charge in [-0.3, -0.25) is 4.79 Å². The number of thiol groups is 1. The molecule has 1 aromatic rings. The highest BCUT2D eigenvalue weighted by atomic mass is 35.5. The molecule has 3 heteroatoms. The van der Waals surface area contributed by atoms with Crippen LogP contribution in [0.4, 0.5) is 0 Å². The number of carbonyl (C=O) groups is 1. The molecule has 0 bridgehead atoms. The Hall–Kier alpha value is -0.470. The number of carbonyl (C=O) groups excluding carboxylic acids is 1. The van der Waals surface area contributed by atoms with Gasteiger partial charge >= 0.3 is 0 Å². The van der Waals surface area contributed by atoms with E-state index in [1.807, 2.05) is 18.2 Å². The van der Waals surface area contributed by atoms with Gasteiger partial charge in [-0.25, -0.2) is 0 Å². The quantitative estimate of drug-likeness (QED) is 0.606. The standard InChI is InChI=1S/C11H13ClOS/c12-11(13)10(14)8-4-7-9-5-2-1-3-6-9/h1-3,5-6,10,14H,4,7-8H2. The number of hydrogen-bond acceptors (Lipinski definition) is 2. The zero-order chi connectivity index (χ0) is 10.4. The summed E-state index contributed by atoms with van der Waals surface area (Å²) in [6.07, 6.45) is 2.65. The Bertz CT molecular complexity index is 287. The molecule has 0 fully saturated rings. The van der Waals surface area contributed by atoms with E-state index >= 15 is 0 Å². The maximum absolute atomic E-state index is 10.7. The molecular weight excluding hydrogens is 216 g/mol. The maximum atomic E-state index is 10.7. The van der Waals surface area contributed by atoms with Crippen LogP contribution < -0.4 is 0 Å². The van der Waals surface area contributed by atoms with Crippen molar-refractivity contribution in [3.63, 3.8) is 0 Å². The molecule has 0 aliphatic carbocycles. The summed E-state index contributed by atoms with van der Waals surface area (Å²) >= 11 is 9.38. The third-order valence-electron chi connectivity index (χ3n) is 2.05. The maximum Gasteiger partial charge on any atom is 0.234 e. The smallest absolute Gasteiger partial charge is 0.234 e. The van der Waals surface area contributed by atoms with Crippen molar-refractivity contribution in [2.24, 2.45) is 0 Å². The first kappa shape index (κ1) is 11.6. The van der Waals surface area contributed by atoms with Gasteiger partial charge in [-0.15, -0.1) is 0 Å². The minimum absolute atomic E-state index is 0.319. The lowest BCUT2D eigenvalue weighted by Crippen LogP contribution is -2.07. The van der Waals surface area contributed by atoms with Crippen molar-refractivity contribution >= 4 is 29.5 Å². The van der Waals surface area contributed by atoms with Gasteiger partial charge in [0.05, 0.1) is 5.25 Å². The Morgan fingerprint density at radius 2 is 2.00 bits per heavy atom. The van der Waals surface area contributed by atoms with Crippen molar-refractivity contribution in [3.8, 4) is 0 Å². The third kappa shape index (κ3) is 4.16. The summed E-state index contributed by atoms with van der Waals surface area (Å²) in [4.78, 5) is 10.7. The lowest BCUT2D eigenvalue weighted by Gasteiger charge is -2.04. The van der Waals surface area contributed by atoms with E-state index in [-0.39, 0.29) is 10.5 Å². The minimum atomic E-state index is -0.360. The molecule has 1 nitrogen and oxygen atoms in total. The fraction of sp³-hybridized carbons (Fsp3) is 0.364. The van der Waals surface area contributed by atoms with E-state index in [9.17, 15) is 4.79 Å². The van der Waals surface area contributed by atoms with Gasteiger partial charge in [-0.05, 0) is 36.4 Å². The van der Waals surface area contributed by atoms with Gasteiger partial charge in [-0.2, -0.15) is 12.6 Å². The van der Waals surface area contributed by atoms with Crippen molar-refractivity contribution in [1.82, 2.24) is 0 Å². The van der Waals surface area contributed by atoms with Crippen LogP contribution in [-0.4, -0.2) is 10.5 Å². The highest BCUT2D eigenvalue weighted by Crippen LogP contribution is 2.11. The Morgan fingerprint density at radius 3 is 2.57 bits per heavy atom. The summed E-state index contributed by atoms with van der Waals surface area (Å²) in [6, 6.07) is 10.2. The second-order valence-electron chi connectivity index (χ2n) is 3.20. The van der Waals surface area contributed by atoms with E-state index in [1.54, 1.807) is 0 Å². The van der Waals surface area contributed by atoms with Gasteiger partial charge in [-0.1, -0.05) is 30.3 Å². The highest BCUT2D eigenvalue weighted by Gasteiger charge is 2.09. The fourth-order valence-electron chi connectivity index (χ4n) is 1.26. The Kier molecular flexibility index (Phi) is 5.05. The molecular formula is C11H13ClOS. The molecule has 76 valence electrons. The van der Waals surface area contributed by atoms with Crippen LogP contribution in [0.15, 0.2) is 30.3 Å². The molecule has 14 heavy (non-hydrogen) atoms. The third-order valence-corrected chi connectivity index (χ3v) is 2.96. The SMILES string of the molecule is O=C(Cl)C(S)CCCc1ccccc1. The fourth-order valence-corrected chi connectivity index (χ4v) is 1.55. The van der Waals surface area contributed by atoms with Crippen molar-refractivity contribution in [2.45, 2.75) is 24.5 Å². The molecule has 1 atom stereocenters. The number of benzene rings is 1. The van der Waals surface area contributed by atoms with E-state index < -0.39 is 0 Å². The molecule has 0 heterocycles. The largest absolute Gasteiger partial charge is 0.280 e. The average Bonchev–Trinajstić information content (AvgIpc) is 2.19. The molecule has 1 rings (SSSR count). The van der Waals surface area contributed by atoms with Gasteiger partial charge < -0.3 is 0 Å². The molecule has 0 aliphatic rings. The number of aryl methyl sites for hydroxylation is 1. The Morgan fingerprint density at radius 1 is 1.36 bits per heavy atom. The van der Waals surface area contributed by atoms with Crippen LogP contribution in [0.2, 0.25) is 0 Å². The summed E-state index contributed by atoms with van der Waals surface area (Å²) in [5.41, 5.74) is 1.29. The molecule has 0 aromatic heterocycles. The van der Waals surface area contributed by atoms with Crippen LogP contribution in [0.25, 0.3) is 0 Å². The van der Waals surface area contributed by atoms with E-state index in [4.69, 9.17) is 11.6 Å².